The van der Waals surface area contributed by atoms with E-state index < -0.39 is 0 Å². The van der Waals surface area contributed by atoms with Gasteiger partial charge in [0.1, 0.15) is 11.6 Å². The van der Waals surface area contributed by atoms with Crippen molar-refractivity contribution in [3.63, 3.8) is 0 Å². The number of amides is 2. The molecule has 132 valence electrons. The van der Waals surface area contributed by atoms with Crippen LogP contribution >= 0.6 is 0 Å². The first-order valence-electron chi connectivity index (χ1n) is 8.71. The molecule has 2 amide bonds. The topological polar surface area (TPSA) is 85.2 Å². The predicted octanol–water partition coefficient (Wildman–Crippen LogP) is 2.56. The van der Waals surface area contributed by atoms with Crippen molar-refractivity contribution >= 4 is 23.4 Å². The third-order valence-corrected chi connectivity index (χ3v) is 4.57. The van der Waals surface area contributed by atoms with Crippen LogP contribution in [-0.2, 0) is 0 Å². The van der Waals surface area contributed by atoms with Gasteiger partial charge in [-0.3, -0.25) is 4.90 Å². The maximum Gasteiger partial charge on any atom is 0.327 e. The summed E-state index contributed by atoms with van der Waals surface area (Å²) in [7, 11) is 0. The molecule has 0 saturated carbocycles. The van der Waals surface area contributed by atoms with Crippen LogP contribution in [0.4, 0.5) is 16.4 Å². The third kappa shape index (κ3) is 3.28. The van der Waals surface area contributed by atoms with Crippen molar-refractivity contribution in [3.8, 4) is 0 Å². The molecule has 7 nitrogen and oxygen atoms in total. The fraction of sp³-hybridized carbons (Fsp3) is 0.263. The van der Waals surface area contributed by atoms with Crippen molar-refractivity contribution in [1.29, 1.82) is 5.41 Å². The van der Waals surface area contributed by atoms with E-state index in [-0.39, 0.29) is 6.03 Å². The number of allylic oxidation sites excluding steroid dienone is 1. The number of aromatic nitrogens is 2. The van der Waals surface area contributed by atoms with Crippen LogP contribution in [0.1, 0.15) is 18.4 Å². The van der Waals surface area contributed by atoms with Crippen LogP contribution in [-0.4, -0.2) is 41.3 Å². The average molecular weight is 348 g/mol. The van der Waals surface area contributed by atoms with E-state index in [1.54, 1.807) is 29.4 Å². The summed E-state index contributed by atoms with van der Waals surface area (Å²) in [5.74, 6) is 1.55. The molecule has 0 aromatic carbocycles. The summed E-state index contributed by atoms with van der Waals surface area (Å²) in [5, 5.41) is 11.1. The zero-order chi connectivity index (χ0) is 17.9. The quantitative estimate of drug-likeness (QED) is 0.832. The summed E-state index contributed by atoms with van der Waals surface area (Å²) in [5.41, 5.74) is 1.73. The average Bonchev–Trinajstić information content (AvgIpc) is 3.32. The minimum atomic E-state index is -0.231. The zero-order valence-electron chi connectivity index (χ0n) is 14.4. The molecule has 0 atom stereocenters. The van der Waals surface area contributed by atoms with Crippen molar-refractivity contribution in [3.05, 3.63) is 60.1 Å². The summed E-state index contributed by atoms with van der Waals surface area (Å²) in [6, 6.07) is 9.07. The lowest BCUT2D eigenvalue weighted by Crippen LogP contribution is -2.28. The Bertz CT molecular complexity index is 840. The second-order valence-corrected chi connectivity index (χ2v) is 6.39. The van der Waals surface area contributed by atoms with E-state index in [0.717, 1.165) is 24.5 Å². The fourth-order valence-electron chi connectivity index (χ4n) is 3.20. The lowest BCUT2D eigenvalue weighted by atomic mass is 10.1. The number of urea groups is 1. The monoisotopic (exact) mass is 348 g/mol. The molecule has 26 heavy (non-hydrogen) atoms. The molecule has 2 aliphatic rings. The fourth-order valence-corrected chi connectivity index (χ4v) is 3.20. The molecule has 2 aromatic heterocycles. The molecular weight excluding hydrogens is 328 g/mol. The van der Waals surface area contributed by atoms with Gasteiger partial charge in [-0.05, 0) is 43.2 Å². The van der Waals surface area contributed by atoms with E-state index in [1.807, 2.05) is 24.3 Å². The van der Waals surface area contributed by atoms with E-state index in [2.05, 4.69) is 20.2 Å². The van der Waals surface area contributed by atoms with Gasteiger partial charge in [-0.2, -0.15) is 0 Å². The molecule has 4 rings (SSSR count). The van der Waals surface area contributed by atoms with Gasteiger partial charge in [-0.25, -0.2) is 14.8 Å². The van der Waals surface area contributed by atoms with Crippen LogP contribution in [0.2, 0.25) is 0 Å². The first-order chi connectivity index (χ1) is 12.7. The number of pyridine rings is 2. The number of hydrogen-bond donors (Lipinski definition) is 2. The Morgan fingerprint density at radius 3 is 2.65 bits per heavy atom. The van der Waals surface area contributed by atoms with Crippen LogP contribution in [0.25, 0.3) is 0 Å². The molecule has 0 spiro atoms. The number of carbonyl (C=O) groups excluding carboxylic acids is 1. The lowest BCUT2D eigenvalue weighted by molar-refractivity contribution is 0.252. The zero-order valence-corrected chi connectivity index (χ0v) is 14.4. The first-order valence-corrected chi connectivity index (χ1v) is 8.71. The molecule has 0 aliphatic carbocycles. The molecule has 0 bridgehead atoms. The molecule has 7 heteroatoms. The number of carbonyl (C=O) groups is 1. The van der Waals surface area contributed by atoms with Gasteiger partial charge in [0.05, 0.1) is 12.3 Å². The van der Waals surface area contributed by atoms with Gasteiger partial charge in [-0.1, -0.05) is 6.07 Å². The van der Waals surface area contributed by atoms with Gasteiger partial charge >= 0.3 is 6.03 Å². The summed E-state index contributed by atoms with van der Waals surface area (Å²) in [6.45, 7) is 2.46. The summed E-state index contributed by atoms with van der Waals surface area (Å²) in [6.07, 6.45) is 7.46. The van der Waals surface area contributed by atoms with E-state index in [4.69, 9.17) is 5.41 Å². The van der Waals surface area contributed by atoms with Gasteiger partial charge in [0, 0.05) is 36.7 Å². The van der Waals surface area contributed by atoms with Crippen LogP contribution in [0.15, 0.2) is 54.5 Å². The summed E-state index contributed by atoms with van der Waals surface area (Å²) >= 11 is 0. The highest BCUT2D eigenvalue weighted by atomic mass is 16.2. The van der Waals surface area contributed by atoms with E-state index in [1.165, 1.54) is 12.8 Å². The van der Waals surface area contributed by atoms with E-state index in [9.17, 15) is 4.79 Å². The Balaban J connectivity index is 1.46. The Kier molecular flexibility index (Phi) is 4.35. The standard InChI is InChI=1S/C19H20N6O/c20-16(14-6-7-17(22-12-14)24-9-3-4-10-24)11-15-13-25(19(26)23-15)18-5-1-2-8-21-18/h1-2,5-8,11-12,20H,3-4,9-10,13H2,(H,23,26)/b15-11-,20-16?. The van der Waals surface area contributed by atoms with E-state index in [0.29, 0.717) is 23.8 Å². The molecular formula is C19H20N6O. The Hall–Kier alpha value is -3.22. The highest BCUT2D eigenvalue weighted by molar-refractivity contribution is 6.08. The smallest absolute Gasteiger partial charge is 0.327 e. The third-order valence-electron chi connectivity index (χ3n) is 4.57. The van der Waals surface area contributed by atoms with Gasteiger partial charge in [0.15, 0.2) is 0 Å². The maximum absolute atomic E-state index is 12.1. The Morgan fingerprint density at radius 2 is 1.96 bits per heavy atom. The molecule has 2 saturated heterocycles. The number of hydrogen-bond acceptors (Lipinski definition) is 5. The van der Waals surface area contributed by atoms with Crippen molar-refractivity contribution in [1.82, 2.24) is 15.3 Å². The number of rotatable bonds is 4. The SMILES string of the molecule is N=C(/C=C1/CN(c2ccccn2)C(=O)N1)c1ccc(N2CCCC2)nc1. The highest BCUT2D eigenvalue weighted by Gasteiger charge is 2.26. The highest BCUT2D eigenvalue weighted by Crippen LogP contribution is 2.19. The summed E-state index contributed by atoms with van der Waals surface area (Å²) < 4.78 is 0. The molecule has 2 aromatic rings. The largest absolute Gasteiger partial charge is 0.357 e. The Labute approximate surface area is 151 Å². The predicted molar refractivity (Wildman–Crippen MR) is 101 cm³/mol. The molecule has 2 fully saturated rings. The van der Waals surface area contributed by atoms with Crippen LogP contribution in [0.3, 0.4) is 0 Å². The lowest BCUT2D eigenvalue weighted by Gasteiger charge is -2.16. The van der Waals surface area contributed by atoms with Crippen LogP contribution < -0.4 is 15.1 Å². The van der Waals surface area contributed by atoms with Crippen molar-refractivity contribution in [2.24, 2.45) is 0 Å². The first kappa shape index (κ1) is 16.3. The molecule has 2 N–H and O–H groups in total. The van der Waals surface area contributed by atoms with Gasteiger partial charge in [0.2, 0.25) is 0 Å². The Morgan fingerprint density at radius 1 is 1.12 bits per heavy atom. The van der Waals surface area contributed by atoms with Crippen LogP contribution in [0.5, 0.6) is 0 Å². The maximum atomic E-state index is 12.1. The van der Waals surface area contributed by atoms with Gasteiger partial charge in [-0.15, -0.1) is 0 Å². The number of anilines is 2. The number of nitrogens with one attached hydrogen (secondary N) is 2. The molecule has 0 radical (unpaired) electrons. The van der Waals surface area contributed by atoms with Crippen molar-refractivity contribution in [2.75, 3.05) is 29.4 Å². The van der Waals surface area contributed by atoms with Gasteiger partial charge < -0.3 is 15.6 Å². The minimum Gasteiger partial charge on any atom is -0.357 e. The molecule has 0 unspecified atom stereocenters. The minimum absolute atomic E-state index is 0.231. The van der Waals surface area contributed by atoms with Gasteiger partial charge in [0.25, 0.3) is 0 Å². The summed E-state index contributed by atoms with van der Waals surface area (Å²) in [4.78, 5) is 24.6. The van der Waals surface area contributed by atoms with E-state index >= 15 is 0 Å². The molecule has 2 aliphatic heterocycles. The second kappa shape index (κ2) is 6.95. The van der Waals surface area contributed by atoms with Crippen molar-refractivity contribution < 1.29 is 4.79 Å². The number of nitrogens with zero attached hydrogens (tertiary/aromatic N) is 4. The van der Waals surface area contributed by atoms with Crippen LogP contribution in [0, 0.1) is 5.41 Å². The second-order valence-electron chi connectivity index (χ2n) is 6.39. The van der Waals surface area contributed by atoms with Crippen molar-refractivity contribution in [2.45, 2.75) is 12.8 Å². The normalized spacial score (nSPS) is 18.5. The molecule has 4 heterocycles.